The lowest BCUT2D eigenvalue weighted by Gasteiger charge is -2.53. The summed E-state index contributed by atoms with van der Waals surface area (Å²) in [6, 6.07) is -0.190. The van der Waals surface area contributed by atoms with Crippen LogP contribution in [0.2, 0.25) is 0 Å². The highest BCUT2D eigenvalue weighted by atomic mass is 16.5. The molecule has 10 heteroatoms. The van der Waals surface area contributed by atoms with Gasteiger partial charge in [-0.2, -0.15) is 4.98 Å². The van der Waals surface area contributed by atoms with Crippen molar-refractivity contribution in [1.82, 2.24) is 34.8 Å². The zero-order chi connectivity index (χ0) is 20.6. The van der Waals surface area contributed by atoms with E-state index in [1.165, 1.54) is 0 Å². The van der Waals surface area contributed by atoms with E-state index in [-0.39, 0.29) is 24.4 Å². The maximum atomic E-state index is 13.4. The van der Waals surface area contributed by atoms with E-state index in [0.29, 0.717) is 36.9 Å². The van der Waals surface area contributed by atoms with Crippen LogP contribution in [0.4, 0.5) is 0 Å². The Kier molecular flexibility index (Phi) is 5.12. The summed E-state index contributed by atoms with van der Waals surface area (Å²) in [6.07, 6.45) is 5.47. The maximum Gasteiger partial charge on any atom is 0.272 e. The average molecular weight is 401 g/mol. The van der Waals surface area contributed by atoms with Gasteiger partial charge in [-0.25, -0.2) is 4.98 Å². The van der Waals surface area contributed by atoms with Gasteiger partial charge in [-0.05, 0) is 32.9 Å². The molecule has 0 spiro atoms. The molecule has 0 radical (unpaired) electrons. The molecule has 0 saturated carbocycles. The highest BCUT2D eigenvalue weighted by Crippen LogP contribution is 2.43. The van der Waals surface area contributed by atoms with Crippen molar-refractivity contribution < 1.29 is 14.1 Å². The Bertz CT molecular complexity index is 907. The first kappa shape index (κ1) is 19.6. The highest BCUT2D eigenvalue weighted by molar-refractivity contribution is 5.94. The van der Waals surface area contributed by atoms with Gasteiger partial charge in [-0.15, -0.1) is 0 Å². The normalized spacial score (nSPS) is 24.9. The Morgan fingerprint density at radius 1 is 1.31 bits per heavy atom. The summed E-state index contributed by atoms with van der Waals surface area (Å²) in [5, 5.41) is 6.84. The maximum absolute atomic E-state index is 13.4. The summed E-state index contributed by atoms with van der Waals surface area (Å²) in [5.74, 6) is 0.807. The SMILES string of the molecule is Cc1nc(CNC(=O)[C@@]23CCCN(C(=O)c4cncn4C)[C@H]2CN(C)CC3)no1. The Labute approximate surface area is 169 Å². The van der Waals surface area contributed by atoms with Gasteiger partial charge in [0.15, 0.2) is 5.82 Å². The highest BCUT2D eigenvalue weighted by Gasteiger charge is 2.53. The lowest BCUT2D eigenvalue weighted by atomic mass is 9.67. The van der Waals surface area contributed by atoms with Crippen LogP contribution >= 0.6 is 0 Å². The molecule has 0 aromatic carbocycles. The molecule has 0 aliphatic carbocycles. The topological polar surface area (TPSA) is 109 Å². The fraction of sp³-hybridized carbons (Fsp3) is 0.632. The number of carbonyl (C=O) groups is 2. The second-order valence-electron chi connectivity index (χ2n) is 8.09. The molecule has 10 nitrogen and oxygen atoms in total. The molecule has 2 saturated heterocycles. The van der Waals surface area contributed by atoms with Crippen molar-refractivity contribution in [3.05, 3.63) is 29.9 Å². The quantitative estimate of drug-likeness (QED) is 0.787. The summed E-state index contributed by atoms with van der Waals surface area (Å²) in [4.78, 5) is 39.0. The van der Waals surface area contributed by atoms with Crippen molar-refractivity contribution in [3.63, 3.8) is 0 Å². The minimum Gasteiger partial charge on any atom is -0.348 e. The molecule has 4 rings (SSSR count). The number of imidazole rings is 1. The van der Waals surface area contributed by atoms with Gasteiger partial charge in [-0.1, -0.05) is 5.16 Å². The molecule has 0 unspecified atom stereocenters. The number of likely N-dealkylation sites (tertiary alicyclic amines) is 2. The second kappa shape index (κ2) is 7.58. The van der Waals surface area contributed by atoms with E-state index in [9.17, 15) is 9.59 Å². The number of aromatic nitrogens is 4. The van der Waals surface area contributed by atoms with Crippen LogP contribution in [0.3, 0.4) is 0 Å². The van der Waals surface area contributed by atoms with Gasteiger partial charge in [0, 0.05) is 27.1 Å². The van der Waals surface area contributed by atoms with E-state index in [4.69, 9.17) is 4.52 Å². The van der Waals surface area contributed by atoms with Gasteiger partial charge in [0.2, 0.25) is 11.8 Å². The fourth-order valence-corrected chi connectivity index (χ4v) is 4.61. The van der Waals surface area contributed by atoms with Crippen LogP contribution in [-0.2, 0) is 18.4 Å². The molecule has 2 amide bonds. The van der Waals surface area contributed by atoms with Crippen molar-refractivity contribution in [2.24, 2.45) is 12.5 Å². The molecule has 1 N–H and O–H groups in total. The van der Waals surface area contributed by atoms with Gasteiger partial charge < -0.3 is 24.2 Å². The number of hydrogen-bond acceptors (Lipinski definition) is 7. The lowest BCUT2D eigenvalue weighted by molar-refractivity contribution is -0.142. The molecule has 2 aliphatic heterocycles. The molecular formula is C19H27N7O3. The zero-order valence-electron chi connectivity index (χ0n) is 17.1. The van der Waals surface area contributed by atoms with E-state index in [1.54, 1.807) is 24.0 Å². The molecule has 156 valence electrons. The van der Waals surface area contributed by atoms with E-state index in [0.717, 1.165) is 19.4 Å². The molecule has 0 bridgehead atoms. The van der Waals surface area contributed by atoms with Crippen LogP contribution in [-0.4, -0.2) is 74.0 Å². The summed E-state index contributed by atoms with van der Waals surface area (Å²) < 4.78 is 6.71. The van der Waals surface area contributed by atoms with Crippen LogP contribution in [0.15, 0.2) is 17.0 Å². The molecule has 2 aromatic heterocycles. The first-order chi connectivity index (χ1) is 13.9. The fourth-order valence-electron chi connectivity index (χ4n) is 4.61. The number of rotatable bonds is 4. The van der Waals surface area contributed by atoms with E-state index in [2.05, 4.69) is 25.3 Å². The zero-order valence-corrected chi connectivity index (χ0v) is 17.1. The third-order valence-electron chi connectivity index (χ3n) is 6.19. The van der Waals surface area contributed by atoms with Gasteiger partial charge in [-0.3, -0.25) is 9.59 Å². The van der Waals surface area contributed by atoms with Crippen molar-refractivity contribution in [3.8, 4) is 0 Å². The minimum absolute atomic E-state index is 0.0411. The largest absolute Gasteiger partial charge is 0.348 e. The number of aryl methyl sites for hydroxylation is 2. The standard InChI is InChI=1S/C19H27N7O3/c1-13-22-16(23-29-13)10-21-18(28)19-5-4-7-26(15(19)11-24(2)8-6-19)17(27)14-9-20-12-25(14)3/h9,12,15H,4-8,10-11H2,1-3H3,(H,21,28)/t15-,19+/m0/s1. The third kappa shape index (κ3) is 3.52. The number of amides is 2. The predicted molar refractivity (Wildman–Crippen MR) is 103 cm³/mol. The Morgan fingerprint density at radius 2 is 2.14 bits per heavy atom. The molecule has 4 heterocycles. The lowest BCUT2D eigenvalue weighted by Crippen LogP contribution is -2.66. The number of hydrogen-bond donors (Lipinski definition) is 1. The second-order valence-corrected chi connectivity index (χ2v) is 8.09. The van der Waals surface area contributed by atoms with Crippen LogP contribution in [0.25, 0.3) is 0 Å². The Morgan fingerprint density at radius 3 is 2.83 bits per heavy atom. The van der Waals surface area contributed by atoms with Crippen molar-refractivity contribution in [1.29, 1.82) is 0 Å². The van der Waals surface area contributed by atoms with E-state index >= 15 is 0 Å². The minimum atomic E-state index is -0.613. The number of nitrogens with one attached hydrogen (secondary N) is 1. The molecular weight excluding hydrogens is 374 g/mol. The number of likely N-dealkylation sites (N-methyl/N-ethyl adjacent to an activating group) is 1. The van der Waals surface area contributed by atoms with Gasteiger partial charge in [0.05, 0.1) is 30.5 Å². The number of fused-ring (bicyclic) bond motifs is 1. The molecule has 2 aliphatic rings. The van der Waals surface area contributed by atoms with Crippen LogP contribution in [0.5, 0.6) is 0 Å². The summed E-state index contributed by atoms with van der Waals surface area (Å²) in [5.41, 5.74) is -0.0747. The summed E-state index contributed by atoms with van der Waals surface area (Å²) in [7, 11) is 3.84. The molecule has 29 heavy (non-hydrogen) atoms. The van der Waals surface area contributed by atoms with Crippen molar-refractivity contribution in [2.45, 2.75) is 38.8 Å². The van der Waals surface area contributed by atoms with Gasteiger partial charge >= 0.3 is 0 Å². The predicted octanol–water partition coefficient (Wildman–Crippen LogP) is 0.354. The Balaban J connectivity index is 1.58. The van der Waals surface area contributed by atoms with E-state index < -0.39 is 5.41 Å². The summed E-state index contributed by atoms with van der Waals surface area (Å²) in [6.45, 7) is 4.06. The monoisotopic (exact) mass is 401 g/mol. The van der Waals surface area contributed by atoms with Crippen molar-refractivity contribution in [2.75, 3.05) is 26.7 Å². The molecule has 2 atom stereocenters. The average Bonchev–Trinajstić information content (AvgIpc) is 3.33. The Hall–Kier alpha value is -2.75. The third-order valence-corrected chi connectivity index (χ3v) is 6.19. The van der Waals surface area contributed by atoms with E-state index in [1.807, 2.05) is 19.0 Å². The number of piperidine rings is 2. The molecule has 2 fully saturated rings. The van der Waals surface area contributed by atoms with Crippen LogP contribution < -0.4 is 5.32 Å². The van der Waals surface area contributed by atoms with Crippen LogP contribution in [0.1, 0.15) is 41.5 Å². The number of carbonyl (C=O) groups excluding carboxylic acids is 2. The van der Waals surface area contributed by atoms with Crippen LogP contribution in [0, 0.1) is 12.3 Å². The van der Waals surface area contributed by atoms with Crippen molar-refractivity contribution >= 4 is 11.8 Å². The number of nitrogens with zero attached hydrogens (tertiary/aromatic N) is 6. The first-order valence-electron chi connectivity index (χ1n) is 9.94. The molecule has 2 aromatic rings. The smallest absolute Gasteiger partial charge is 0.272 e. The first-order valence-corrected chi connectivity index (χ1v) is 9.94. The van der Waals surface area contributed by atoms with Gasteiger partial charge in [0.1, 0.15) is 5.69 Å². The van der Waals surface area contributed by atoms with Gasteiger partial charge in [0.25, 0.3) is 5.91 Å². The summed E-state index contributed by atoms with van der Waals surface area (Å²) >= 11 is 0.